The molecule has 0 atom stereocenters. The van der Waals surface area contributed by atoms with Crippen molar-refractivity contribution in [2.75, 3.05) is 11.9 Å². The smallest absolute Gasteiger partial charge is 0.338 e. The van der Waals surface area contributed by atoms with Crippen LogP contribution in [-0.2, 0) is 31.0 Å². The number of fused-ring (bicyclic) bond motifs is 2. The van der Waals surface area contributed by atoms with Gasteiger partial charge in [0.1, 0.15) is 6.61 Å². The summed E-state index contributed by atoms with van der Waals surface area (Å²) in [6.07, 6.45) is 1.73. The van der Waals surface area contributed by atoms with Gasteiger partial charge in [0.15, 0.2) is 0 Å². The number of anilines is 1. The maximum absolute atomic E-state index is 12.5. The molecule has 0 radical (unpaired) electrons. The summed E-state index contributed by atoms with van der Waals surface area (Å²) < 4.78 is 6.68. The molecular weight excluding hydrogens is 312 g/mol. The number of nitrogens with zero attached hydrogens (tertiary/aromatic N) is 3. The molecule has 24 heavy (non-hydrogen) atoms. The van der Waals surface area contributed by atoms with E-state index < -0.39 is 0 Å². The molecule has 2 aliphatic rings. The Bertz CT molecular complexity index is 829. The minimum atomic E-state index is -0.362. The molecule has 0 fully saturated rings. The minimum Gasteiger partial charge on any atom is -0.457 e. The topological polar surface area (TPSA) is 96.7 Å². The molecule has 2 aromatic rings. The molecule has 0 spiro atoms. The van der Waals surface area contributed by atoms with Crippen LogP contribution in [0.4, 0.5) is 10.5 Å². The third kappa shape index (κ3) is 2.41. The number of carbonyl (C=O) groups is 2. The lowest BCUT2D eigenvalue weighted by atomic mass is 10.1. The maximum atomic E-state index is 12.5. The zero-order chi connectivity index (χ0) is 16.7. The fraction of sp³-hybridized carbons (Fsp3) is 0.312. The highest BCUT2D eigenvalue weighted by Gasteiger charge is 2.28. The molecule has 0 bridgehead atoms. The van der Waals surface area contributed by atoms with Crippen molar-refractivity contribution >= 4 is 17.7 Å². The number of benzene rings is 1. The lowest BCUT2D eigenvalue weighted by Crippen LogP contribution is -2.31. The van der Waals surface area contributed by atoms with Gasteiger partial charge in [-0.2, -0.15) is 5.10 Å². The van der Waals surface area contributed by atoms with Gasteiger partial charge in [-0.1, -0.05) is 6.07 Å². The van der Waals surface area contributed by atoms with E-state index in [0.29, 0.717) is 30.9 Å². The summed E-state index contributed by atoms with van der Waals surface area (Å²) in [5.74, 6) is -0.362. The van der Waals surface area contributed by atoms with Gasteiger partial charge >= 0.3 is 12.0 Å². The molecule has 0 saturated heterocycles. The van der Waals surface area contributed by atoms with E-state index >= 15 is 0 Å². The quantitative estimate of drug-likeness (QED) is 0.822. The molecule has 8 heteroatoms. The Balaban J connectivity index is 1.46. The fourth-order valence-electron chi connectivity index (χ4n) is 3.03. The Hall–Kier alpha value is -2.87. The van der Waals surface area contributed by atoms with E-state index in [1.807, 2.05) is 0 Å². The van der Waals surface area contributed by atoms with Crippen LogP contribution in [0.3, 0.4) is 0 Å². The van der Waals surface area contributed by atoms with Gasteiger partial charge in [0.25, 0.3) is 0 Å². The number of urea groups is 1. The molecule has 1 aromatic heterocycles. The molecule has 3 heterocycles. The molecule has 4 rings (SSSR count). The fourth-order valence-corrected chi connectivity index (χ4v) is 3.03. The van der Waals surface area contributed by atoms with Gasteiger partial charge in [-0.05, 0) is 12.1 Å². The Kier molecular flexibility index (Phi) is 3.46. The van der Waals surface area contributed by atoms with Crippen LogP contribution < -0.4 is 5.32 Å². The number of ether oxygens (including phenoxy) is 1. The van der Waals surface area contributed by atoms with Gasteiger partial charge in [-0.15, -0.1) is 0 Å². The maximum Gasteiger partial charge on any atom is 0.338 e. The summed E-state index contributed by atoms with van der Waals surface area (Å²) in [6, 6.07) is 4.94. The molecule has 0 saturated carbocycles. The van der Waals surface area contributed by atoms with Crippen LogP contribution in [0.1, 0.15) is 27.2 Å². The molecule has 2 amide bonds. The van der Waals surface area contributed by atoms with Crippen LogP contribution in [0.25, 0.3) is 0 Å². The van der Waals surface area contributed by atoms with Crippen molar-refractivity contribution < 1.29 is 19.4 Å². The van der Waals surface area contributed by atoms with Crippen LogP contribution in [0.5, 0.6) is 0 Å². The van der Waals surface area contributed by atoms with Gasteiger partial charge in [-0.3, -0.25) is 4.68 Å². The number of amides is 2. The normalized spacial score (nSPS) is 15.2. The second-order valence-corrected chi connectivity index (χ2v) is 5.80. The lowest BCUT2D eigenvalue weighted by molar-refractivity contribution is 0.0535. The zero-order valence-electron chi connectivity index (χ0n) is 12.9. The van der Waals surface area contributed by atoms with E-state index in [9.17, 15) is 9.59 Å². The van der Waals surface area contributed by atoms with Crippen LogP contribution in [0.2, 0.25) is 0 Å². The SMILES string of the molecule is O=C1OCc2ccc(NC(=O)N3Cc4cnn(CCO)c4C3)cc21. The highest BCUT2D eigenvalue weighted by atomic mass is 16.5. The number of carbonyl (C=O) groups excluding carboxylic acids is 2. The first-order chi connectivity index (χ1) is 11.7. The number of nitrogens with one attached hydrogen (secondary N) is 1. The van der Waals surface area contributed by atoms with Crippen molar-refractivity contribution in [2.24, 2.45) is 0 Å². The van der Waals surface area contributed by atoms with Crippen LogP contribution in [0, 0.1) is 0 Å². The van der Waals surface area contributed by atoms with E-state index in [1.54, 1.807) is 34.0 Å². The number of aromatic nitrogens is 2. The van der Waals surface area contributed by atoms with Crippen LogP contribution >= 0.6 is 0 Å². The van der Waals surface area contributed by atoms with Crippen molar-refractivity contribution in [1.29, 1.82) is 0 Å². The summed E-state index contributed by atoms with van der Waals surface area (Å²) in [4.78, 5) is 25.7. The van der Waals surface area contributed by atoms with E-state index in [2.05, 4.69) is 10.4 Å². The first-order valence-corrected chi connectivity index (χ1v) is 7.66. The first kappa shape index (κ1) is 14.7. The molecule has 1 aromatic carbocycles. The highest BCUT2D eigenvalue weighted by molar-refractivity contribution is 5.96. The number of esters is 1. The van der Waals surface area contributed by atoms with Crippen molar-refractivity contribution in [2.45, 2.75) is 26.2 Å². The molecule has 2 N–H and O–H groups in total. The highest BCUT2D eigenvalue weighted by Crippen LogP contribution is 2.26. The molecule has 0 unspecified atom stereocenters. The zero-order valence-corrected chi connectivity index (χ0v) is 12.9. The Labute approximate surface area is 137 Å². The summed E-state index contributed by atoms with van der Waals surface area (Å²) in [5, 5.41) is 16.1. The standard InChI is InChI=1S/C16H16N4O4/c21-4-3-20-14-8-19(7-11(14)6-17-20)16(23)18-12-2-1-10-9-24-15(22)13(10)5-12/h1-2,5-6,21H,3-4,7-9H2,(H,18,23). The van der Waals surface area contributed by atoms with Crippen molar-refractivity contribution in [3.05, 3.63) is 46.8 Å². The molecule has 8 nitrogen and oxygen atoms in total. The third-order valence-electron chi connectivity index (χ3n) is 4.28. The predicted molar refractivity (Wildman–Crippen MR) is 83.1 cm³/mol. The average Bonchev–Trinajstić information content (AvgIpc) is 3.24. The third-order valence-corrected chi connectivity index (χ3v) is 4.28. The van der Waals surface area contributed by atoms with E-state index in [-0.39, 0.29) is 25.2 Å². The van der Waals surface area contributed by atoms with E-state index in [0.717, 1.165) is 16.8 Å². The molecule has 2 aliphatic heterocycles. The van der Waals surface area contributed by atoms with Crippen molar-refractivity contribution in [3.8, 4) is 0 Å². The van der Waals surface area contributed by atoms with Crippen LogP contribution in [0.15, 0.2) is 24.4 Å². The van der Waals surface area contributed by atoms with Gasteiger partial charge in [0, 0.05) is 16.8 Å². The molecule has 124 valence electrons. The monoisotopic (exact) mass is 328 g/mol. The van der Waals surface area contributed by atoms with Gasteiger partial charge < -0.3 is 20.1 Å². The van der Waals surface area contributed by atoms with Gasteiger partial charge in [-0.25, -0.2) is 9.59 Å². The number of hydrogen-bond donors (Lipinski definition) is 2. The van der Waals surface area contributed by atoms with Crippen molar-refractivity contribution in [1.82, 2.24) is 14.7 Å². The van der Waals surface area contributed by atoms with Crippen LogP contribution in [-0.4, -0.2) is 38.4 Å². The second kappa shape index (κ2) is 5.64. The second-order valence-electron chi connectivity index (χ2n) is 5.80. The largest absolute Gasteiger partial charge is 0.457 e. The summed E-state index contributed by atoms with van der Waals surface area (Å²) in [5.41, 5.74) is 3.81. The van der Waals surface area contributed by atoms with Crippen molar-refractivity contribution in [3.63, 3.8) is 0 Å². The van der Waals surface area contributed by atoms with E-state index in [1.165, 1.54) is 0 Å². The average molecular weight is 328 g/mol. The molecule has 0 aliphatic carbocycles. The number of hydrogen-bond acceptors (Lipinski definition) is 5. The summed E-state index contributed by atoms with van der Waals surface area (Å²) in [6.45, 7) is 1.61. The lowest BCUT2D eigenvalue weighted by Gasteiger charge is -2.17. The number of rotatable bonds is 3. The van der Waals surface area contributed by atoms with E-state index in [4.69, 9.17) is 9.84 Å². The summed E-state index contributed by atoms with van der Waals surface area (Å²) in [7, 11) is 0. The number of aliphatic hydroxyl groups is 1. The Morgan fingerprint density at radius 1 is 1.33 bits per heavy atom. The Morgan fingerprint density at radius 3 is 3.04 bits per heavy atom. The molecular formula is C16H16N4O4. The minimum absolute atomic E-state index is 0.00550. The van der Waals surface area contributed by atoms with Gasteiger partial charge in [0.05, 0.1) is 43.7 Å². The summed E-state index contributed by atoms with van der Waals surface area (Å²) >= 11 is 0. The van der Waals surface area contributed by atoms with Gasteiger partial charge in [0.2, 0.25) is 0 Å². The number of aliphatic hydroxyl groups excluding tert-OH is 1. The first-order valence-electron chi connectivity index (χ1n) is 7.66. The number of cyclic esters (lactones) is 1. The predicted octanol–water partition coefficient (Wildman–Crippen LogP) is 1.09. The Morgan fingerprint density at radius 2 is 2.21 bits per heavy atom.